The van der Waals surface area contributed by atoms with Gasteiger partial charge in [0.25, 0.3) is 5.91 Å². The Morgan fingerprint density at radius 3 is 2.44 bits per heavy atom. The largest absolute Gasteiger partial charge is 0.421 e. The Labute approximate surface area is 222 Å². The Morgan fingerprint density at radius 2 is 1.72 bits per heavy atom. The molecule has 0 saturated heterocycles. The van der Waals surface area contributed by atoms with Gasteiger partial charge in [-0.2, -0.15) is 18.2 Å². The van der Waals surface area contributed by atoms with Crippen molar-refractivity contribution >= 4 is 35.0 Å². The summed E-state index contributed by atoms with van der Waals surface area (Å²) in [5, 5.41) is 11.2. The fourth-order valence-corrected chi connectivity index (χ4v) is 3.58. The highest BCUT2D eigenvalue weighted by Gasteiger charge is 2.35. The van der Waals surface area contributed by atoms with Gasteiger partial charge in [0.05, 0.1) is 11.3 Å². The molecule has 39 heavy (non-hydrogen) atoms. The van der Waals surface area contributed by atoms with Crippen molar-refractivity contribution in [3.05, 3.63) is 89.4 Å². The number of rotatable bonds is 10. The van der Waals surface area contributed by atoms with Gasteiger partial charge in [-0.3, -0.25) is 4.79 Å². The predicted octanol–water partition coefficient (Wildman–Crippen LogP) is 4.25. The minimum Gasteiger partial charge on any atom is -0.355 e. The first-order valence-corrected chi connectivity index (χ1v) is 11.9. The molecule has 0 radical (unpaired) electrons. The SMILES string of the molecule is CNC(=O)c1ccccc1Nc1nc(Nc2ccc(CNc3nccc(CCN)n3)cc2)ncc1C(F)(F)F. The number of carbonyl (C=O) groups excluding carboxylic acids is 1. The smallest absolute Gasteiger partial charge is 0.355 e. The summed E-state index contributed by atoms with van der Waals surface area (Å²) in [5.74, 6) is -0.518. The molecule has 0 spiro atoms. The normalized spacial score (nSPS) is 11.1. The van der Waals surface area contributed by atoms with Crippen molar-refractivity contribution in [2.45, 2.75) is 19.1 Å². The maximum absolute atomic E-state index is 13.7. The number of amides is 1. The summed E-state index contributed by atoms with van der Waals surface area (Å²) in [7, 11) is 1.43. The summed E-state index contributed by atoms with van der Waals surface area (Å²) in [6, 6.07) is 15.2. The average Bonchev–Trinajstić information content (AvgIpc) is 2.92. The van der Waals surface area contributed by atoms with E-state index in [2.05, 4.69) is 41.2 Å². The van der Waals surface area contributed by atoms with E-state index in [1.165, 1.54) is 19.2 Å². The third-order valence-electron chi connectivity index (χ3n) is 5.52. The summed E-state index contributed by atoms with van der Waals surface area (Å²) in [6.07, 6.45) is -1.71. The molecule has 0 aliphatic carbocycles. The fraction of sp³-hybridized carbons (Fsp3) is 0.192. The van der Waals surface area contributed by atoms with Gasteiger partial charge in [-0.05, 0) is 42.4 Å². The lowest BCUT2D eigenvalue weighted by Crippen LogP contribution is -2.20. The Balaban J connectivity index is 1.49. The number of aromatic nitrogens is 4. The van der Waals surface area contributed by atoms with Crippen LogP contribution in [0.4, 0.5) is 42.3 Å². The zero-order valence-electron chi connectivity index (χ0n) is 20.9. The second kappa shape index (κ2) is 12.2. The molecular formula is C26H26F3N9O. The topological polar surface area (TPSA) is 143 Å². The Hall–Kier alpha value is -4.78. The maximum atomic E-state index is 13.7. The second-order valence-electron chi connectivity index (χ2n) is 8.29. The number of carbonyl (C=O) groups is 1. The molecule has 6 N–H and O–H groups in total. The van der Waals surface area contributed by atoms with Crippen molar-refractivity contribution in [2.24, 2.45) is 5.73 Å². The highest BCUT2D eigenvalue weighted by molar-refractivity contribution is 6.00. The number of hydrogen-bond acceptors (Lipinski definition) is 9. The molecule has 4 rings (SSSR count). The van der Waals surface area contributed by atoms with Crippen LogP contribution in [0, 0.1) is 0 Å². The van der Waals surface area contributed by atoms with Crippen LogP contribution in [0.15, 0.2) is 67.0 Å². The van der Waals surface area contributed by atoms with E-state index in [-0.39, 0.29) is 17.2 Å². The van der Waals surface area contributed by atoms with Gasteiger partial charge in [0.2, 0.25) is 11.9 Å². The van der Waals surface area contributed by atoms with Crippen molar-refractivity contribution in [2.75, 3.05) is 29.5 Å². The molecule has 2 aromatic carbocycles. The number of benzene rings is 2. The van der Waals surface area contributed by atoms with E-state index in [0.29, 0.717) is 37.3 Å². The molecule has 0 bridgehead atoms. The van der Waals surface area contributed by atoms with Crippen molar-refractivity contribution in [1.29, 1.82) is 0 Å². The predicted molar refractivity (Wildman–Crippen MR) is 142 cm³/mol. The molecule has 2 heterocycles. The first-order chi connectivity index (χ1) is 18.8. The third-order valence-corrected chi connectivity index (χ3v) is 5.52. The molecule has 0 atom stereocenters. The van der Waals surface area contributed by atoms with Crippen molar-refractivity contribution in [3.63, 3.8) is 0 Å². The molecule has 202 valence electrons. The van der Waals surface area contributed by atoms with Gasteiger partial charge < -0.3 is 27.0 Å². The average molecular weight is 538 g/mol. The van der Waals surface area contributed by atoms with Crippen LogP contribution in [0.2, 0.25) is 0 Å². The van der Waals surface area contributed by atoms with E-state index in [0.717, 1.165) is 11.3 Å². The maximum Gasteiger partial charge on any atom is 0.421 e. The van der Waals surface area contributed by atoms with Crippen LogP contribution in [0.5, 0.6) is 0 Å². The number of nitrogens with two attached hydrogens (primary N) is 1. The van der Waals surface area contributed by atoms with Crippen LogP contribution in [-0.4, -0.2) is 39.4 Å². The number of alkyl halides is 3. The van der Waals surface area contributed by atoms with E-state index in [1.807, 2.05) is 18.2 Å². The molecule has 2 aromatic heterocycles. The van der Waals surface area contributed by atoms with Crippen molar-refractivity contribution < 1.29 is 18.0 Å². The highest BCUT2D eigenvalue weighted by Crippen LogP contribution is 2.36. The summed E-state index contributed by atoms with van der Waals surface area (Å²) >= 11 is 0. The zero-order valence-corrected chi connectivity index (χ0v) is 20.9. The molecule has 13 heteroatoms. The van der Waals surface area contributed by atoms with E-state index >= 15 is 0 Å². The van der Waals surface area contributed by atoms with Crippen LogP contribution in [0.3, 0.4) is 0 Å². The van der Waals surface area contributed by atoms with Gasteiger partial charge in [0.1, 0.15) is 11.4 Å². The number of hydrogen-bond donors (Lipinski definition) is 5. The van der Waals surface area contributed by atoms with Crippen LogP contribution in [0.25, 0.3) is 0 Å². The van der Waals surface area contributed by atoms with E-state index in [1.54, 1.807) is 30.5 Å². The lowest BCUT2D eigenvalue weighted by molar-refractivity contribution is -0.137. The van der Waals surface area contributed by atoms with Gasteiger partial charge in [0, 0.05) is 43.8 Å². The van der Waals surface area contributed by atoms with Crippen LogP contribution in [-0.2, 0) is 19.1 Å². The number of halogens is 3. The molecule has 0 aliphatic heterocycles. The number of anilines is 5. The molecule has 1 amide bonds. The molecule has 4 aromatic rings. The number of nitrogens with one attached hydrogen (secondary N) is 4. The standard InChI is InChI=1S/C26H26F3N9O/c1-31-23(39)19-4-2-3-5-21(19)37-22-20(26(27,28)29)15-34-25(38-22)36-17-8-6-16(7-9-17)14-33-24-32-13-11-18(35-24)10-12-30/h2-9,11,13,15H,10,12,14,30H2,1H3,(H,31,39)(H,32,33,35)(H2,34,36,37,38). The summed E-state index contributed by atoms with van der Waals surface area (Å²) < 4.78 is 41.1. The van der Waals surface area contributed by atoms with Gasteiger partial charge in [0.15, 0.2) is 0 Å². The van der Waals surface area contributed by atoms with Crippen LogP contribution in [0.1, 0.15) is 27.2 Å². The quantitative estimate of drug-likeness (QED) is 0.201. The van der Waals surface area contributed by atoms with E-state index in [4.69, 9.17) is 5.73 Å². The van der Waals surface area contributed by atoms with Crippen molar-refractivity contribution in [1.82, 2.24) is 25.3 Å². The zero-order chi connectivity index (χ0) is 27.8. The monoisotopic (exact) mass is 537 g/mol. The lowest BCUT2D eigenvalue weighted by Gasteiger charge is -2.16. The van der Waals surface area contributed by atoms with E-state index in [9.17, 15) is 18.0 Å². The van der Waals surface area contributed by atoms with Gasteiger partial charge in [-0.25, -0.2) is 15.0 Å². The Morgan fingerprint density at radius 1 is 0.949 bits per heavy atom. The molecule has 10 nitrogen and oxygen atoms in total. The Kier molecular flexibility index (Phi) is 8.51. The molecule has 0 fully saturated rings. The molecule has 0 aliphatic rings. The van der Waals surface area contributed by atoms with Crippen LogP contribution < -0.4 is 27.0 Å². The molecule has 0 saturated carbocycles. The lowest BCUT2D eigenvalue weighted by atomic mass is 10.1. The first kappa shape index (κ1) is 27.3. The highest BCUT2D eigenvalue weighted by atomic mass is 19.4. The summed E-state index contributed by atoms with van der Waals surface area (Å²) in [4.78, 5) is 28.7. The van der Waals surface area contributed by atoms with Gasteiger partial charge >= 0.3 is 6.18 Å². The van der Waals surface area contributed by atoms with Gasteiger partial charge in [-0.1, -0.05) is 24.3 Å². The third kappa shape index (κ3) is 7.17. The number of nitrogens with zero attached hydrogens (tertiary/aromatic N) is 4. The Bertz CT molecular complexity index is 1430. The molecular weight excluding hydrogens is 511 g/mol. The van der Waals surface area contributed by atoms with Gasteiger partial charge in [-0.15, -0.1) is 0 Å². The molecule has 0 unspecified atom stereocenters. The first-order valence-electron chi connectivity index (χ1n) is 11.9. The van der Waals surface area contributed by atoms with Crippen molar-refractivity contribution in [3.8, 4) is 0 Å². The van der Waals surface area contributed by atoms with E-state index < -0.39 is 23.5 Å². The minimum absolute atomic E-state index is 0.0566. The summed E-state index contributed by atoms with van der Waals surface area (Å²) in [5.41, 5.74) is 7.17. The minimum atomic E-state index is -4.72. The summed E-state index contributed by atoms with van der Waals surface area (Å²) in [6.45, 7) is 0.955. The fourth-order valence-electron chi connectivity index (χ4n) is 3.58. The number of para-hydroxylation sites is 1. The van der Waals surface area contributed by atoms with Crippen LogP contribution >= 0.6 is 0 Å². The second-order valence-corrected chi connectivity index (χ2v) is 8.29.